The molecule has 1 aliphatic carbocycles. The number of phenols is 1. The molecule has 0 radical (unpaired) electrons. The maximum Gasteiger partial charge on any atom is 0.165 e. The van der Waals surface area contributed by atoms with Gasteiger partial charge in [-0.25, -0.2) is 4.39 Å². The number of phenolic OH excluding ortho intramolecular Hbond substituents is 1. The van der Waals surface area contributed by atoms with E-state index < -0.39 is 5.82 Å². The van der Waals surface area contributed by atoms with Gasteiger partial charge in [-0.1, -0.05) is 36.4 Å². The molecule has 1 aromatic heterocycles. The van der Waals surface area contributed by atoms with Crippen LogP contribution >= 0.6 is 0 Å². The molecule has 0 bridgehead atoms. The van der Waals surface area contributed by atoms with Crippen molar-refractivity contribution in [2.75, 3.05) is 33.2 Å². The van der Waals surface area contributed by atoms with Crippen LogP contribution in [0.15, 0.2) is 60.8 Å². The summed E-state index contributed by atoms with van der Waals surface area (Å²) >= 11 is 0. The van der Waals surface area contributed by atoms with Gasteiger partial charge in [0.2, 0.25) is 0 Å². The summed E-state index contributed by atoms with van der Waals surface area (Å²) in [6.07, 6.45) is 4.73. The lowest BCUT2D eigenvalue weighted by atomic mass is 9.97. The minimum Gasteiger partial charge on any atom is -0.505 e. The van der Waals surface area contributed by atoms with E-state index in [4.69, 9.17) is 0 Å². The first-order chi connectivity index (χ1) is 15.1. The smallest absolute Gasteiger partial charge is 0.165 e. The van der Waals surface area contributed by atoms with E-state index >= 15 is 0 Å². The van der Waals surface area contributed by atoms with Crippen LogP contribution in [0, 0.1) is 5.82 Å². The molecule has 1 aliphatic heterocycles. The summed E-state index contributed by atoms with van der Waals surface area (Å²) in [4.78, 5) is 9.54. The number of allylic oxidation sites excluding steroid dienone is 1. The molecular weight excluding hydrogens is 389 g/mol. The highest BCUT2D eigenvalue weighted by Gasteiger charge is 2.19. The number of piperazine rings is 1. The van der Waals surface area contributed by atoms with Crippen LogP contribution in [0.5, 0.6) is 5.75 Å². The lowest BCUT2D eigenvalue weighted by Gasteiger charge is -2.32. The van der Waals surface area contributed by atoms with E-state index in [1.165, 1.54) is 17.7 Å². The Morgan fingerprint density at radius 2 is 1.68 bits per heavy atom. The Balaban J connectivity index is 1.36. The monoisotopic (exact) mass is 415 g/mol. The van der Waals surface area contributed by atoms with Gasteiger partial charge < -0.3 is 10.0 Å². The molecule has 0 unspecified atom stereocenters. The van der Waals surface area contributed by atoms with Crippen molar-refractivity contribution in [3.8, 4) is 16.9 Å². The van der Waals surface area contributed by atoms with Crippen LogP contribution < -0.4 is 0 Å². The molecule has 1 N–H and O–H groups in total. The van der Waals surface area contributed by atoms with Gasteiger partial charge in [-0.05, 0) is 47.5 Å². The maximum absolute atomic E-state index is 13.9. The number of likely N-dealkylation sites (N-methyl/N-ethyl adjacent to an activating group) is 1. The van der Waals surface area contributed by atoms with Crippen molar-refractivity contribution in [2.45, 2.75) is 13.0 Å². The van der Waals surface area contributed by atoms with Crippen molar-refractivity contribution in [3.63, 3.8) is 0 Å². The van der Waals surface area contributed by atoms with Gasteiger partial charge in [0.25, 0.3) is 0 Å². The van der Waals surface area contributed by atoms with Gasteiger partial charge in [0.1, 0.15) is 0 Å². The topological polar surface area (TPSA) is 39.6 Å². The fraction of sp³-hybridized carbons (Fsp3) is 0.269. The first kappa shape index (κ1) is 19.9. The van der Waals surface area contributed by atoms with Crippen LogP contribution in [0.1, 0.15) is 22.4 Å². The minimum absolute atomic E-state index is 0.328. The second-order valence-corrected chi connectivity index (χ2v) is 8.48. The minimum atomic E-state index is -0.605. The predicted molar refractivity (Wildman–Crippen MR) is 121 cm³/mol. The SMILES string of the molecule is CN1CCN(Cc2ccc(-c3cnc4c(c3)C(c3ccc(O)c(F)c3)=CC4)cc2)CC1. The standard InChI is InChI=1S/C26H26FN3O/c1-29-10-12-30(13-11-29)17-18-2-4-19(5-3-18)21-14-23-22(7-8-25(23)28-16-21)20-6-9-26(31)24(27)15-20/h2-7,9,14-16,31H,8,10-13,17H2,1H3. The van der Waals surface area contributed by atoms with E-state index in [1.807, 2.05) is 6.20 Å². The van der Waals surface area contributed by atoms with Gasteiger partial charge in [-0.3, -0.25) is 9.88 Å². The Bertz CT molecular complexity index is 1130. The zero-order chi connectivity index (χ0) is 21.4. The first-order valence-corrected chi connectivity index (χ1v) is 10.8. The molecule has 5 heteroatoms. The van der Waals surface area contributed by atoms with E-state index in [2.05, 4.69) is 58.2 Å². The number of hydrogen-bond acceptors (Lipinski definition) is 4. The summed E-state index contributed by atoms with van der Waals surface area (Å²) in [5.74, 6) is -0.932. The summed E-state index contributed by atoms with van der Waals surface area (Å²) in [6, 6.07) is 15.4. The largest absolute Gasteiger partial charge is 0.505 e. The van der Waals surface area contributed by atoms with Crippen molar-refractivity contribution in [3.05, 3.63) is 89.0 Å². The molecule has 3 aromatic rings. The fourth-order valence-corrected chi connectivity index (χ4v) is 4.37. The van der Waals surface area contributed by atoms with Crippen LogP contribution in [-0.2, 0) is 13.0 Å². The Kier molecular flexibility index (Phi) is 5.30. The fourth-order valence-electron chi connectivity index (χ4n) is 4.37. The number of hydrogen-bond donors (Lipinski definition) is 1. The zero-order valence-electron chi connectivity index (χ0n) is 17.7. The van der Waals surface area contributed by atoms with E-state index in [0.29, 0.717) is 0 Å². The van der Waals surface area contributed by atoms with Gasteiger partial charge in [-0.15, -0.1) is 0 Å². The van der Waals surface area contributed by atoms with Crippen LogP contribution in [-0.4, -0.2) is 53.1 Å². The molecule has 158 valence electrons. The third-order valence-electron chi connectivity index (χ3n) is 6.31. The van der Waals surface area contributed by atoms with Crippen LogP contribution in [0.4, 0.5) is 4.39 Å². The van der Waals surface area contributed by atoms with Crippen molar-refractivity contribution in [2.24, 2.45) is 0 Å². The van der Waals surface area contributed by atoms with Gasteiger partial charge in [-0.2, -0.15) is 0 Å². The zero-order valence-corrected chi connectivity index (χ0v) is 17.7. The lowest BCUT2D eigenvalue weighted by molar-refractivity contribution is 0.148. The third-order valence-corrected chi connectivity index (χ3v) is 6.31. The van der Waals surface area contributed by atoms with Crippen molar-refractivity contribution < 1.29 is 9.50 Å². The van der Waals surface area contributed by atoms with Crippen molar-refractivity contribution in [1.82, 2.24) is 14.8 Å². The molecule has 31 heavy (non-hydrogen) atoms. The molecule has 1 fully saturated rings. The number of halogens is 1. The van der Waals surface area contributed by atoms with Crippen LogP contribution in [0.3, 0.4) is 0 Å². The number of nitrogens with zero attached hydrogens (tertiary/aromatic N) is 3. The second kappa shape index (κ2) is 8.25. The number of benzene rings is 2. The van der Waals surface area contributed by atoms with E-state index in [1.54, 1.807) is 6.07 Å². The molecule has 0 atom stereocenters. The quantitative estimate of drug-likeness (QED) is 0.689. The summed E-state index contributed by atoms with van der Waals surface area (Å²) < 4.78 is 13.9. The van der Waals surface area contributed by atoms with E-state index in [-0.39, 0.29) is 5.75 Å². The molecule has 0 saturated carbocycles. The summed E-state index contributed by atoms with van der Waals surface area (Å²) in [5, 5.41) is 9.50. The first-order valence-electron chi connectivity index (χ1n) is 10.8. The Labute approximate surface area is 182 Å². The highest BCUT2D eigenvalue weighted by Crippen LogP contribution is 2.35. The molecule has 4 nitrogen and oxygen atoms in total. The molecule has 0 amide bonds. The van der Waals surface area contributed by atoms with Gasteiger partial charge >= 0.3 is 0 Å². The number of fused-ring (bicyclic) bond motifs is 1. The Morgan fingerprint density at radius 1 is 0.935 bits per heavy atom. The van der Waals surface area contributed by atoms with Crippen molar-refractivity contribution >= 4 is 5.57 Å². The lowest BCUT2D eigenvalue weighted by Crippen LogP contribution is -2.43. The molecule has 1 saturated heterocycles. The van der Waals surface area contributed by atoms with Crippen molar-refractivity contribution in [1.29, 1.82) is 0 Å². The highest BCUT2D eigenvalue weighted by molar-refractivity contribution is 5.86. The Morgan fingerprint density at radius 3 is 2.42 bits per heavy atom. The predicted octanol–water partition coefficient (Wildman–Crippen LogP) is 4.33. The number of pyridine rings is 1. The second-order valence-electron chi connectivity index (χ2n) is 8.48. The number of aromatic hydroxyl groups is 1. The normalized spacial score (nSPS) is 16.9. The molecule has 2 aromatic carbocycles. The van der Waals surface area contributed by atoms with Gasteiger partial charge in [0.15, 0.2) is 11.6 Å². The summed E-state index contributed by atoms with van der Waals surface area (Å²) in [5.41, 5.74) is 7.26. The molecule has 2 heterocycles. The molecule has 5 rings (SSSR count). The van der Waals surface area contributed by atoms with E-state index in [9.17, 15) is 9.50 Å². The summed E-state index contributed by atoms with van der Waals surface area (Å²) in [6.45, 7) is 5.45. The maximum atomic E-state index is 13.9. The van der Waals surface area contributed by atoms with Crippen LogP contribution in [0.25, 0.3) is 16.7 Å². The average molecular weight is 416 g/mol. The molecule has 2 aliphatic rings. The molecular formula is C26H26FN3O. The number of aromatic nitrogens is 1. The Hall–Kier alpha value is -3.02. The third kappa shape index (κ3) is 4.11. The van der Waals surface area contributed by atoms with E-state index in [0.717, 1.165) is 72.7 Å². The molecule has 0 spiro atoms. The van der Waals surface area contributed by atoms with Crippen LogP contribution in [0.2, 0.25) is 0 Å². The average Bonchev–Trinajstić information content (AvgIpc) is 3.21. The summed E-state index contributed by atoms with van der Waals surface area (Å²) in [7, 11) is 2.18. The highest BCUT2D eigenvalue weighted by atomic mass is 19.1. The number of rotatable bonds is 4. The van der Waals surface area contributed by atoms with Gasteiger partial charge in [0.05, 0.1) is 5.69 Å². The van der Waals surface area contributed by atoms with Gasteiger partial charge in [0, 0.05) is 56.5 Å².